The molecule has 1 aliphatic heterocycles. The lowest BCUT2D eigenvalue weighted by Crippen LogP contribution is -2.24. The van der Waals surface area contributed by atoms with Gasteiger partial charge in [-0.2, -0.15) is 0 Å². The van der Waals surface area contributed by atoms with E-state index in [-0.39, 0.29) is 0 Å². The van der Waals surface area contributed by atoms with Crippen LogP contribution >= 0.6 is 0 Å². The van der Waals surface area contributed by atoms with E-state index in [1.54, 1.807) is 0 Å². The minimum absolute atomic E-state index is 0.571. The molecule has 2 heterocycles. The summed E-state index contributed by atoms with van der Waals surface area (Å²) in [6, 6.07) is 10.6. The van der Waals surface area contributed by atoms with Crippen LogP contribution in [0.15, 0.2) is 36.5 Å². The highest BCUT2D eigenvalue weighted by atomic mass is 16.5. The summed E-state index contributed by atoms with van der Waals surface area (Å²) in [5.74, 6) is 0.571. The monoisotopic (exact) mass is 242 g/mol. The second kappa shape index (κ2) is 5.46. The second-order valence-electron chi connectivity index (χ2n) is 4.88. The first kappa shape index (κ1) is 11.6. The van der Waals surface area contributed by atoms with E-state index < -0.39 is 0 Å². The summed E-state index contributed by atoms with van der Waals surface area (Å²) < 4.78 is 5.59. The van der Waals surface area contributed by atoms with Crippen LogP contribution in [0.25, 0.3) is 10.9 Å². The summed E-state index contributed by atoms with van der Waals surface area (Å²) in [4.78, 5) is 4.35. The van der Waals surface area contributed by atoms with Crippen LogP contribution in [0.5, 0.6) is 0 Å². The third-order valence-corrected chi connectivity index (χ3v) is 3.40. The number of hydrogen-bond donors (Lipinski definition) is 1. The highest BCUT2D eigenvalue weighted by Crippen LogP contribution is 2.16. The largest absolute Gasteiger partial charge is 0.380 e. The van der Waals surface area contributed by atoms with Gasteiger partial charge in [0.25, 0.3) is 0 Å². The van der Waals surface area contributed by atoms with Crippen molar-refractivity contribution in [2.75, 3.05) is 26.3 Å². The summed E-state index contributed by atoms with van der Waals surface area (Å²) in [6.07, 6.45) is 2.91. The molecule has 2 aromatic rings. The van der Waals surface area contributed by atoms with Crippen molar-refractivity contribution in [3.05, 3.63) is 42.1 Å². The van der Waals surface area contributed by atoms with Crippen molar-refractivity contribution in [3.8, 4) is 0 Å². The van der Waals surface area contributed by atoms with Gasteiger partial charge in [0.05, 0.1) is 18.7 Å². The Morgan fingerprint density at radius 2 is 2.33 bits per heavy atom. The van der Waals surface area contributed by atoms with E-state index >= 15 is 0 Å². The van der Waals surface area contributed by atoms with Crippen LogP contribution < -0.4 is 5.32 Å². The highest BCUT2D eigenvalue weighted by Gasteiger charge is 2.13. The Morgan fingerprint density at radius 3 is 3.33 bits per heavy atom. The average molecular weight is 242 g/mol. The summed E-state index contributed by atoms with van der Waals surface area (Å²) in [6.45, 7) is 3.71. The molecule has 18 heavy (non-hydrogen) atoms. The first-order valence-electron chi connectivity index (χ1n) is 6.54. The number of nitrogens with one attached hydrogen (secondary N) is 1. The Balaban J connectivity index is 1.77. The number of nitrogens with zero attached hydrogens (tertiary/aromatic N) is 1. The van der Waals surface area contributed by atoms with Gasteiger partial charge in [0, 0.05) is 24.7 Å². The molecule has 1 atom stereocenters. The minimum atomic E-state index is 0.571. The molecule has 1 aromatic carbocycles. The molecule has 1 saturated heterocycles. The minimum Gasteiger partial charge on any atom is -0.380 e. The van der Waals surface area contributed by atoms with Gasteiger partial charge in [-0.1, -0.05) is 12.1 Å². The van der Waals surface area contributed by atoms with E-state index in [4.69, 9.17) is 4.74 Å². The number of hydrogen-bond acceptors (Lipinski definition) is 3. The maximum absolute atomic E-state index is 5.59. The lowest BCUT2D eigenvalue weighted by atomic mass is 9.99. The number of aromatic nitrogens is 1. The molecule has 0 aliphatic carbocycles. The third kappa shape index (κ3) is 2.68. The SMILES string of the molecule is c1cnc2ccc(C[C@@H]3CNCCOC3)cc2c1. The second-order valence-corrected chi connectivity index (χ2v) is 4.88. The molecule has 0 bridgehead atoms. The molecule has 3 rings (SSSR count). The van der Waals surface area contributed by atoms with Gasteiger partial charge in [0.1, 0.15) is 0 Å². The third-order valence-electron chi connectivity index (χ3n) is 3.40. The topological polar surface area (TPSA) is 34.2 Å². The van der Waals surface area contributed by atoms with Crippen molar-refractivity contribution in [2.45, 2.75) is 6.42 Å². The predicted octanol–water partition coefficient (Wildman–Crippen LogP) is 2.01. The Morgan fingerprint density at radius 1 is 1.33 bits per heavy atom. The van der Waals surface area contributed by atoms with Gasteiger partial charge in [0.15, 0.2) is 0 Å². The first-order chi connectivity index (χ1) is 8.92. The molecule has 1 fully saturated rings. The Hall–Kier alpha value is -1.45. The highest BCUT2D eigenvalue weighted by molar-refractivity contribution is 5.78. The first-order valence-corrected chi connectivity index (χ1v) is 6.54. The van der Waals surface area contributed by atoms with Crippen molar-refractivity contribution in [1.29, 1.82) is 0 Å². The molecule has 3 heteroatoms. The Kier molecular flexibility index (Phi) is 3.53. The van der Waals surface area contributed by atoms with Crippen LogP contribution in [0, 0.1) is 5.92 Å². The zero-order chi connectivity index (χ0) is 12.2. The molecule has 0 radical (unpaired) electrons. The van der Waals surface area contributed by atoms with Crippen LogP contribution in [-0.2, 0) is 11.2 Å². The number of rotatable bonds is 2. The lowest BCUT2D eigenvalue weighted by Gasteiger charge is -2.13. The Bertz CT molecular complexity index is 519. The van der Waals surface area contributed by atoms with E-state index in [0.29, 0.717) is 5.92 Å². The average Bonchev–Trinajstić information content (AvgIpc) is 2.67. The van der Waals surface area contributed by atoms with Crippen molar-refractivity contribution in [3.63, 3.8) is 0 Å². The van der Waals surface area contributed by atoms with Crippen LogP contribution in [0.1, 0.15) is 5.56 Å². The van der Waals surface area contributed by atoms with Gasteiger partial charge >= 0.3 is 0 Å². The molecule has 3 nitrogen and oxygen atoms in total. The van der Waals surface area contributed by atoms with Gasteiger partial charge in [0.2, 0.25) is 0 Å². The van der Waals surface area contributed by atoms with Crippen molar-refractivity contribution in [1.82, 2.24) is 10.3 Å². The maximum atomic E-state index is 5.59. The number of pyridine rings is 1. The maximum Gasteiger partial charge on any atom is 0.0702 e. The van der Waals surface area contributed by atoms with Crippen LogP contribution in [-0.4, -0.2) is 31.3 Å². The summed E-state index contributed by atoms with van der Waals surface area (Å²) in [5, 5.41) is 4.64. The normalized spacial score (nSPS) is 20.8. The van der Waals surface area contributed by atoms with E-state index in [1.807, 2.05) is 12.3 Å². The fourth-order valence-corrected chi connectivity index (χ4v) is 2.48. The van der Waals surface area contributed by atoms with Gasteiger partial charge in [-0.05, 0) is 36.1 Å². The molecule has 0 unspecified atom stereocenters. The zero-order valence-corrected chi connectivity index (χ0v) is 10.4. The van der Waals surface area contributed by atoms with Gasteiger partial charge < -0.3 is 10.1 Å². The molecule has 94 valence electrons. The fourth-order valence-electron chi connectivity index (χ4n) is 2.48. The summed E-state index contributed by atoms with van der Waals surface area (Å²) in [5.41, 5.74) is 2.43. The zero-order valence-electron chi connectivity index (χ0n) is 10.4. The predicted molar refractivity (Wildman–Crippen MR) is 72.6 cm³/mol. The van der Waals surface area contributed by atoms with Crippen LogP contribution in [0.2, 0.25) is 0 Å². The van der Waals surface area contributed by atoms with E-state index in [2.05, 4.69) is 34.6 Å². The van der Waals surface area contributed by atoms with Gasteiger partial charge in [-0.25, -0.2) is 0 Å². The molecule has 0 spiro atoms. The van der Waals surface area contributed by atoms with Crippen molar-refractivity contribution in [2.24, 2.45) is 5.92 Å². The summed E-state index contributed by atoms with van der Waals surface area (Å²) >= 11 is 0. The standard InChI is InChI=1S/C15H18N2O/c1-2-14-9-12(3-4-15(14)17-5-1)8-13-10-16-6-7-18-11-13/h1-5,9,13,16H,6-8,10-11H2/t13-/m1/s1. The van der Waals surface area contributed by atoms with Crippen molar-refractivity contribution < 1.29 is 4.74 Å². The van der Waals surface area contributed by atoms with Crippen molar-refractivity contribution >= 4 is 10.9 Å². The summed E-state index contributed by atoms with van der Waals surface area (Å²) in [7, 11) is 0. The Labute approximate surface area is 107 Å². The molecular weight excluding hydrogens is 224 g/mol. The van der Waals surface area contributed by atoms with E-state index in [0.717, 1.165) is 38.2 Å². The molecule has 0 saturated carbocycles. The lowest BCUT2D eigenvalue weighted by molar-refractivity contribution is 0.123. The van der Waals surface area contributed by atoms with E-state index in [1.165, 1.54) is 10.9 Å². The van der Waals surface area contributed by atoms with Gasteiger partial charge in [-0.3, -0.25) is 4.98 Å². The number of fused-ring (bicyclic) bond motifs is 1. The van der Waals surface area contributed by atoms with Gasteiger partial charge in [-0.15, -0.1) is 0 Å². The number of benzene rings is 1. The number of ether oxygens (including phenoxy) is 1. The van der Waals surface area contributed by atoms with Crippen LogP contribution in [0.3, 0.4) is 0 Å². The smallest absolute Gasteiger partial charge is 0.0702 e. The molecule has 1 aliphatic rings. The quantitative estimate of drug-likeness (QED) is 0.874. The molecule has 1 N–H and O–H groups in total. The van der Waals surface area contributed by atoms with Crippen LogP contribution in [0.4, 0.5) is 0 Å². The van der Waals surface area contributed by atoms with E-state index in [9.17, 15) is 0 Å². The molecule has 0 amide bonds. The fraction of sp³-hybridized carbons (Fsp3) is 0.400. The molecular formula is C15H18N2O. The molecule has 1 aromatic heterocycles.